The number of anilines is 1. The van der Waals surface area contributed by atoms with Crippen molar-refractivity contribution < 1.29 is 22.7 Å². The Labute approximate surface area is 210 Å². The number of hydrogen-bond acceptors (Lipinski definition) is 7. The van der Waals surface area contributed by atoms with Crippen molar-refractivity contribution in [2.24, 2.45) is 11.8 Å². The smallest absolute Gasteiger partial charge is 0.257 e. The zero-order valence-electron chi connectivity index (χ0n) is 20.1. The molecule has 35 heavy (non-hydrogen) atoms. The molecule has 3 aromatic rings. The molecule has 10 heteroatoms. The number of benzene rings is 2. The molecule has 1 aliphatic rings. The number of sulfonamides is 1. The third kappa shape index (κ3) is 5.50. The number of carbonyl (C=O) groups excluding carboxylic acids is 1. The Morgan fingerprint density at radius 2 is 1.74 bits per heavy atom. The first-order chi connectivity index (χ1) is 16.7. The molecule has 1 amide bonds. The Kier molecular flexibility index (Phi) is 7.44. The van der Waals surface area contributed by atoms with Crippen LogP contribution in [0.15, 0.2) is 52.7 Å². The average Bonchev–Trinajstić information content (AvgIpc) is 3.31. The van der Waals surface area contributed by atoms with Gasteiger partial charge in [-0.3, -0.25) is 10.1 Å². The van der Waals surface area contributed by atoms with Crippen LogP contribution < -0.4 is 14.8 Å². The third-order valence-electron chi connectivity index (χ3n) is 6.00. The van der Waals surface area contributed by atoms with E-state index in [1.54, 1.807) is 24.6 Å². The number of rotatable bonds is 7. The maximum absolute atomic E-state index is 13.1. The van der Waals surface area contributed by atoms with Gasteiger partial charge >= 0.3 is 0 Å². The summed E-state index contributed by atoms with van der Waals surface area (Å²) in [5.41, 5.74) is 1.79. The Hall–Kier alpha value is -2.95. The summed E-state index contributed by atoms with van der Waals surface area (Å²) in [6.07, 6.45) is 1.02. The van der Waals surface area contributed by atoms with Gasteiger partial charge in [-0.2, -0.15) is 4.31 Å². The molecule has 0 aliphatic carbocycles. The van der Waals surface area contributed by atoms with Gasteiger partial charge in [-0.25, -0.2) is 13.4 Å². The van der Waals surface area contributed by atoms with Crippen LogP contribution in [-0.4, -0.2) is 50.9 Å². The van der Waals surface area contributed by atoms with Gasteiger partial charge in [-0.15, -0.1) is 11.3 Å². The summed E-state index contributed by atoms with van der Waals surface area (Å²) in [6.45, 7) is 5.17. The van der Waals surface area contributed by atoms with E-state index < -0.39 is 10.0 Å². The molecule has 0 bridgehead atoms. The molecule has 1 saturated heterocycles. The minimum absolute atomic E-state index is 0.193. The summed E-state index contributed by atoms with van der Waals surface area (Å²) in [6, 6.07) is 11.5. The van der Waals surface area contributed by atoms with Gasteiger partial charge in [0.2, 0.25) is 10.0 Å². The number of methoxy groups -OCH3 is 2. The molecular weight excluding hydrogens is 486 g/mol. The van der Waals surface area contributed by atoms with Crippen LogP contribution in [0.5, 0.6) is 11.5 Å². The molecular formula is C25H29N3O5S2. The zero-order valence-corrected chi connectivity index (χ0v) is 21.8. The van der Waals surface area contributed by atoms with Gasteiger partial charge in [0.05, 0.1) is 24.8 Å². The number of aromatic nitrogens is 1. The first-order valence-electron chi connectivity index (χ1n) is 11.3. The topological polar surface area (TPSA) is 97.8 Å². The Morgan fingerprint density at radius 1 is 1.06 bits per heavy atom. The van der Waals surface area contributed by atoms with Crippen molar-refractivity contribution in [2.45, 2.75) is 25.2 Å². The molecule has 1 aromatic heterocycles. The first kappa shape index (κ1) is 25.2. The molecule has 4 rings (SSSR count). The van der Waals surface area contributed by atoms with Crippen LogP contribution >= 0.6 is 11.3 Å². The summed E-state index contributed by atoms with van der Waals surface area (Å²) in [5, 5.41) is 5.04. The van der Waals surface area contributed by atoms with E-state index in [0.717, 1.165) is 12.0 Å². The lowest BCUT2D eigenvalue weighted by molar-refractivity contribution is 0.102. The lowest BCUT2D eigenvalue weighted by Crippen LogP contribution is -2.42. The molecule has 0 spiro atoms. The van der Waals surface area contributed by atoms with E-state index in [1.165, 1.54) is 35.6 Å². The number of hydrogen-bond donors (Lipinski definition) is 1. The highest BCUT2D eigenvalue weighted by Gasteiger charge is 2.31. The molecule has 8 nitrogen and oxygen atoms in total. The Bertz CT molecular complexity index is 1290. The molecule has 2 aromatic carbocycles. The maximum atomic E-state index is 13.1. The van der Waals surface area contributed by atoms with Gasteiger partial charge in [-0.1, -0.05) is 13.8 Å². The van der Waals surface area contributed by atoms with Gasteiger partial charge in [0.15, 0.2) is 5.13 Å². The maximum Gasteiger partial charge on any atom is 0.257 e. The van der Waals surface area contributed by atoms with E-state index in [-0.39, 0.29) is 10.8 Å². The minimum Gasteiger partial charge on any atom is -0.497 e. The number of nitrogens with one attached hydrogen (secondary N) is 1. The summed E-state index contributed by atoms with van der Waals surface area (Å²) >= 11 is 1.29. The predicted octanol–water partition coefficient (Wildman–Crippen LogP) is 4.75. The molecule has 1 aliphatic heterocycles. The van der Waals surface area contributed by atoms with Crippen molar-refractivity contribution in [2.75, 3.05) is 32.6 Å². The van der Waals surface area contributed by atoms with Crippen LogP contribution in [0.1, 0.15) is 30.6 Å². The van der Waals surface area contributed by atoms with E-state index in [4.69, 9.17) is 9.47 Å². The molecule has 1 N–H and O–H groups in total. The number of ether oxygens (including phenoxy) is 2. The molecule has 2 unspecified atom stereocenters. The lowest BCUT2D eigenvalue weighted by atomic mass is 9.94. The van der Waals surface area contributed by atoms with Gasteiger partial charge in [-0.05, 0) is 54.7 Å². The average molecular weight is 516 g/mol. The van der Waals surface area contributed by atoms with E-state index in [2.05, 4.69) is 24.1 Å². The van der Waals surface area contributed by atoms with Gasteiger partial charge in [0.25, 0.3) is 5.91 Å². The molecule has 2 heterocycles. The Morgan fingerprint density at radius 3 is 2.37 bits per heavy atom. The van der Waals surface area contributed by atoms with Gasteiger partial charge in [0.1, 0.15) is 11.5 Å². The van der Waals surface area contributed by atoms with Crippen LogP contribution in [0.2, 0.25) is 0 Å². The van der Waals surface area contributed by atoms with Crippen molar-refractivity contribution in [3.63, 3.8) is 0 Å². The van der Waals surface area contributed by atoms with Crippen molar-refractivity contribution in [1.29, 1.82) is 0 Å². The molecule has 0 radical (unpaired) electrons. The summed E-state index contributed by atoms with van der Waals surface area (Å²) < 4.78 is 38.4. The summed E-state index contributed by atoms with van der Waals surface area (Å²) in [5.74, 6) is 1.56. The largest absolute Gasteiger partial charge is 0.497 e. The normalized spacial score (nSPS) is 18.7. The van der Waals surface area contributed by atoms with E-state index in [1.807, 2.05) is 17.5 Å². The molecule has 1 fully saturated rings. The highest BCUT2D eigenvalue weighted by molar-refractivity contribution is 7.89. The number of piperidine rings is 1. The standard InChI is InChI=1S/C25H29N3O5S2/c1-16-11-17(2)14-28(13-16)35(30,31)20-8-5-18(6-9-20)24(29)27-25-26-22(15-34-25)21-10-7-19(32-3)12-23(21)33-4/h5-10,12,15-17H,11,13-14H2,1-4H3,(H,26,27,29). The lowest BCUT2D eigenvalue weighted by Gasteiger charge is -2.34. The first-order valence-corrected chi connectivity index (χ1v) is 13.6. The molecule has 186 valence electrons. The monoisotopic (exact) mass is 515 g/mol. The second-order valence-electron chi connectivity index (χ2n) is 8.85. The van der Waals surface area contributed by atoms with E-state index >= 15 is 0 Å². The predicted molar refractivity (Wildman–Crippen MR) is 137 cm³/mol. The highest BCUT2D eigenvalue weighted by atomic mass is 32.2. The van der Waals surface area contributed by atoms with Crippen LogP contribution in [0.4, 0.5) is 5.13 Å². The SMILES string of the molecule is COc1ccc(-c2csc(NC(=O)c3ccc(S(=O)(=O)N4CC(C)CC(C)C4)cc3)n2)c(OC)c1. The van der Waals surface area contributed by atoms with Crippen molar-refractivity contribution >= 4 is 32.4 Å². The second-order valence-corrected chi connectivity index (χ2v) is 11.6. The van der Waals surface area contributed by atoms with Gasteiger partial charge in [0, 0.05) is 35.7 Å². The van der Waals surface area contributed by atoms with E-state index in [9.17, 15) is 13.2 Å². The van der Waals surface area contributed by atoms with Crippen LogP contribution in [-0.2, 0) is 10.0 Å². The highest BCUT2D eigenvalue weighted by Crippen LogP contribution is 2.35. The third-order valence-corrected chi connectivity index (χ3v) is 8.60. The Balaban J connectivity index is 1.47. The summed E-state index contributed by atoms with van der Waals surface area (Å²) in [4.78, 5) is 17.5. The number of amides is 1. The van der Waals surface area contributed by atoms with Crippen LogP contribution in [0.3, 0.4) is 0 Å². The van der Waals surface area contributed by atoms with Crippen LogP contribution in [0, 0.1) is 11.8 Å². The van der Waals surface area contributed by atoms with E-state index in [0.29, 0.717) is 52.8 Å². The fraction of sp³-hybridized carbons (Fsp3) is 0.360. The van der Waals surface area contributed by atoms with Crippen molar-refractivity contribution in [1.82, 2.24) is 9.29 Å². The fourth-order valence-corrected chi connectivity index (χ4v) is 6.75. The van der Waals surface area contributed by atoms with Crippen molar-refractivity contribution in [3.8, 4) is 22.8 Å². The fourth-order valence-electron chi connectivity index (χ4n) is 4.36. The summed E-state index contributed by atoms with van der Waals surface area (Å²) in [7, 11) is -0.440. The zero-order chi connectivity index (χ0) is 25.2. The second kappa shape index (κ2) is 10.3. The minimum atomic E-state index is -3.60. The quantitative estimate of drug-likeness (QED) is 0.488. The van der Waals surface area contributed by atoms with Gasteiger partial charge < -0.3 is 9.47 Å². The number of carbonyl (C=O) groups is 1. The number of nitrogens with zero attached hydrogens (tertiary/aromatic N) is 2. The number of thiazole rings is 1. The van der Waals surface area contributed by atoms with Crippen molar-refractivity contribution in [3.05, 3.63) is 53.4 Å². The van der Waals surface area contributed by atoms with Crippen LogP contribution in [0.25, 0.3) is 11.3 Å². The molecule has 0 saturated carbocycles. The molecule has 2 atom stereocenters.